The number of benzene rings is 10. The van der Waals surface area contributed by atoms with Gasteiger partial charge in [-0.1, -0.05) is 206 Å². The van der Waals surface area contributed by atoms with Crippen molar-refractivity contribution in [2.24, 2.45) is 0 Å². The van der Waals surface area contributed by atoms with Gasteiger partial charge in [0.1, 0.15) is 0 Å². The molecule has 10 aromatic carbocycles. The quantitative estimate of drug-likeness (QED) is 0.126. The second-order valence-corrected chi connectivity index (χ2v) is 14.8. The second-order valence-electron chi connectivity index (χ2n) is 14.8. The van der Waals surface area contributed by atoms with Crippen LogP contribution >= 0.6 is 0 Å². The molecule has 0 spiro atoms. The van der Waals surface area contributed by atoms with Gasteiger partial charge in [0.2, 0.25) is 0 Å². The molecular weight excluding hydrogens is 703 g/mol. The summed E-state index contributed by atoms with van der Waals surface area (Å²) in [4.78, 5) is 15.5. The van der Waals surface area contributed by atoms with E-state index in [1.54, 1.807) is 0 Å². The van der Waals surface area contributed by atoms with Crippen LogP contribution in [0.25, 0.3) is 111 Å². The van der Waals surface area contributed by atoms with Crippen molar-refractivity contribution in [1.82, 2.24) is 15.0 Å². The predicted molar refractivity (Wildman–Crippen MR) is 242 cm³/mol. The van der Waals surface area contributed by atoms with Gasteiger partial charge in [-0.3, -0.25) is 0 Å². The minimum Gasteiger partial charge on any atom is -0.208 e. The van der Waals surface area contributed by atoms with E-state index in [4.69, 9.17) is 15.0 Å². The molecule has 0 saturated carbocycles. The van der Waals surface area contributed by atoms with Gasteiger partial charge in [-0.15, -0.1) is 0 Å². The molecule has 0 unspecified atom stereocenters. The fourth-order valence-corrected chi connectivity index (χ4v) is 8.49. The van der Waals surface area contributed by atoms with Gasteiger partial charge in [0, 0.05) is 16.7 Å². The summed E-state index contributed by atoms with van der Waals surface area (Å²) in [5.74, 6) is 1.92. The summed E-state index contributed by atoms with van der Waals surface area (Å²) >= 11 is 0. The third-order valence-corrected chi connectivity index (χ3v) is 11.3. The van der Waals surface area contributed by atoms with Gasteiger partial charge in [-0.25, -0.2) is 15.0 Å². The molecule has 3 nitrogen and oxygen atoms in total. The fourth-order valence-electron chi connectivity index (χ4n) is 8.49. The number of aromatic nitrogens is 3. The van der Waals surface area contributed by atoms with Crippen molar-refractivity contribution in [1.29, 1.82) is 0 Å². The zero-order valence-electron chi connectivity index (χ0n) is 31.5. The molecule has 0 aliphatic heterocycles. The van der Waals surface area contributed by atoms with Crippen LogP contribution in [0.4, 0.5) is 0 Å². The van der Waals surface area contributed by atoms with E-state index in [1.165, 1.54) is 43.4 Å². The number of hydrogen-bond acceptors (Lipinski definition) is 3. The summed E-state index contributed by atoms with van der Waals surface area (Å²) in [5.41, 5.74) is 9.80. The van der Waals surface area contributed by atoms with Crippen LogP contribution in [0.1, 0.15) is 0 Å². The van der Waals surface area contributed by atoms with Gasteiger partial charge in [-0.2, -0.15) is 0 Å². The molecule has 0 fully saturated rings. The summed E-state index contributed by atoms with van der Waals surface area (Å²) in [7, 11) is 0. The van der Waals surface area contributed by atoms with Crippen LogP contribution < -0.4 is 0 Å². The molecule has 1 aromatic heterocycles. The number of nitrogens with zero attached hydrogens (tertiary/aromatic N) is 3. The number of hydrogen-bond donors (Lipinski definition) is 0. The average molecular weight is 738 g/mol. The van der Waals surface area contributed by atoms with Crippen LogP contribution in [-0.4, -0.2) is 15.0 Å². The molecule has 0 aliphatic carbocycles. The minimum atomic E-state index is 0.632. The maximum absolute atomic E-state index is 5.16. The van der Waals surface area contributed by atoms with Gasteiger partial charge in [0.25, 0.3) is 0 Å². The maximum atomic E-state index is 5.16. The number of fused-ring (bicyclic) bond motifs is 5. The summed E-state index contributed by atoms with van der Waals surface area (Å²) in [6.45, 7) is 0. The zero-order chi connectivity index (χ0) is 38.4. The summed E-state index contributed by atoms with van der Waals surface area (Å²) in [6, 6.07) is 75.3. The van der Waals surface area contributed by atoms with E-state index < -0.39 is 0 Å². The first kappa shape index (κ1) is 33.6. The SMILES string of the molecule is c1ccc(-c2ccccc2-c2nc(-c3ccc(-c4ccc(-c5c6ccccc6cc6c5ccc5ccccc56)cc4)cc3)nc(-c3cccc4ccccc34)n2)cc1. The van der Waals surface area contributed by atoms with E-state index >= 15 is 0 Å². The Morgan fingerprint density at radius 3 is 1.47 bits per heavy atom. The van der Waals surface area contributed by atoms with Crippen molar-refractivity contribution in [2.75, 3.05) is 0 Å². The number of rotatable bonds is 6. The smallest absolute Gasteiger partial charge is 0.164 e. The zero-order valence-corrected chi connectivity index (χ0v) is 31.5. The highest BCUT2D eigenvalue weighted by atomic mass is 15.0. The Bertz CT molecular complexity index is 3310. The van der Waals surface area contributed by atoms with Gasteiger partial charge in [0.05, 0.1) is 0 Å². The molecule has 11 aromatic rings. The van der Waals surface area contributed by atoms with Crippen LogP contribution in [0.5, 0.6) is 0 Å². The third kappa shape index (κ3) is 5.89. The molecule has 11 rings (SSSR count). The Balaban J connectivity index is 0.997. The molecular formula is C55H35N3. The van der Waals surface area contributed by atoms with E-state index in [2.05, 4.69) is 200 Å². The highest BCUT2D eigenvalue weighted by Crippen LogP contribution is 2.40. The van der Waals surface area contributed by atoms with E-state index in [1.807, 2.05) is 12.1 Å². The van der Waals surface area contributed by atoms with Crippen molar-refractivity contribution in [3.8, 4) is 67.5 Å². The maximum Gasteiger partial charge on any atom is 0.164 e. The first-order valence-corrected chi connectivity index (χ1v) is 19.7. The summed E-state index contributed by atoms with van der Waals surface area (Å²) in [6.07, 6.45) is 0. The van der Waals surface area contributed by atoms with Crippen molar-refractivity contribution in [3.63, 3.8) is 0 Å². The van der Waals surface area contributed by atoms with Gasteiger partial charge in [-0.05, 0) is 82.5 Å². The van der Waals surface area contributed by atoms with Crippen molar-refractivity contribution in [2.45, 2.75) is 0 Å². The van der Waals surface area contributed by atoms with Crippen molar-refractivity contribution >= 4 is 43.1 Å². The molecule has 3 heteroatoms. The van der Waals surface area contributed by atoms with Crippen LogP contribution in [0.3, 0.4) is 0 Å². The molecule has 0 amide bonds. The van der Waals surface area contributed by atoms with Gasteiger partial charge in [0.15, 0.2) is 17.5 Å². The van der Waals surface area contributed by atoms with Crippen molar-refractivity contribution in [3.05, 3.63) is 212 Å². The lowest BCUT2D eigenvalue weighted by Crippen LogP contribution is -2.01. The fraction of sp³-hybridized carbons (Fsp3) is 0. The Hall–Kier alpha value is -7.75. The first-order chi connectivity index (χ1) is 28.7. The van der Waals surface area contributed by atoms with Gasteiger partial charge >= 0.3 is 0 Å². The Labute approximate surface area is 336 Å². The molecule has 58 heavy (non-hydrogen) atoms. The molecule has 0 radical (unpaired) electrons. The van der Waals surface area contributed by atoms with Crippen molar-refractivity contribution < 1.29 is 0 Å². The lowest BCUT2D eigenvalue weighted by Gasteiger charge is -2.15. The molecule has 0 atom stereocenters. The third-order valence-electron chi connectivity index (χ3n) is 11.3. The van der Waals surface area contributed by atoms with Crippen LogP contribution in [0.15, 0.2) is 212 Å². The highest BCUT2D eigenvalue weighted by molar-refractivity contribution is 6.20. The Morgan fingerprint density at radius 1 is 0.224 bits per heavy atom. The summed E-state index contributed by atoms with van der Waals surface area (Å²) < 4.78 is 0. The summed E-state index contributed by atoms with van der Waals surface area (Å²) in [5, 5.41) is 9.83. The van der Waals surface area contributed by atoms with Crippen LogP contribution in [-0.2, 0) is 0 Å². The van der Waals surface area contributed by atoms with Crippen LogP contribution in [0, 0.1) is 0 Å². The molecule has 0 bridgehead atoms. The predicted octanol–water partition coefficient (Wildman–Crippen LogP) is 14.5. The second kappa shape index (κ2) is 14.1. The van der Waals surface area contributed by atoms with E-state index in [9.17, 15) is 0 Å². The van der Waals surface area contributed by atoms with E-state index in [0.717, 1.165) is 49.7 Å². The molecule has 270 valence electrons. The van der Waals surface area contributed by atoms with Gasteiger partial charge < -0.3 is 0 Å². The highest BCUT2D eigenvalue weighted by Gasteiger charge is 2.17. The molecule has 0 aliphatic rings. The lowest BCUT2D eigenvalue weighted by molar-refractivity contribution is 1.08. The molecule has 1 heterocycles. The molecule has 0 saturated heterocycles. The topological polar surface area (TPSA) is 38.7 Å². The normalized spacial score (nSPS) is 11.4. The van der Waals surface area contributed by atoms with E-state index in [-0.39, 0.29) is 0 Å². The lowest BCUT2D eigenvalue weighted by atomic mass is 9.89. The Morgan fingerprint density at radius 2 is 0.724 bits per heavy atom. The molecule has 0 N–H and O–H groups in total. The standard InChI is InChI=1S/C55H35N3/c1-2-13-38(14-3-1)44-20-10-11-23-49(44)54-56-53(57-55(58-54)50-24-12-18-39-15-4-7-19-45(39)50)42-31-27-37(28-32-42)36-25-29-41(30-26-36)52-47-22-9-6-17-43(47)35-51-46-21-8-5-16-40(46)33-34-48(51)52/h1-35H. The average Bonchev–Trinajstić information content (AvgIpc) is 3.31. The Kier molecular flexibility index (Phi) is 8.15. The van der Waals surface area contributed by atoms with Crippen LogP contribution in [0.2, 0.25) is 0 Å². The first-order valence-electron chi connectivity index (χ1n) is 19.7. The largest absolute Gasteiger partial charge is 0.208 e. The van der Waals surface area contributed by atoms with E-state index in [0.29, 0.717) is 17.5 Å². The minimum absolute atomic E-state index is 0.632. The monoisotopic (exact) mass is 737 g/mol.